The zero-order chi connectivity index (χ0) is 10.7. The molecule has 0 amide bonds. The van der Waals surface area contributed by atoms with Gasteiger partial charge in [-0.3, -0.25) is 0 Å². The molecule has 82 valence electrons. The van der Waals surface area contributed by atoms with E-state index in [2.05, 4.69) is 21.4 Å². The number of nitrogens with zero attached hydrogens (tertiary/aromatic N) is 2. The van der Waals surface area contributed by atoms with Crippen molar-refractivity contribution in [2.75, 3.05) is 19.8 Å². The fourth-order valence-electron chi connectivity index (χ4n) is 2.00. The van der Waals surface area contributed by atoms with Crippen LogP contribution < -0.4 is 5.32 Å². The lowest BCUT2D eigenvalue weighted by Gasteiger charge is -2.24. The third kappa shape index (κ3) is 2.11. The second kappa shape index (κ2) is 4.59. The Morgan fingerprint density at radius 2 is 2.67 bits per heavy atom. The standard InChI is InChI=1S/C11H17N3O/c1-3-6-15-7-10-11-9(4-5-12-10)13-8-14(11)2/h3,8,10,12H,1,4-7H2,2H3/t10-/m0/s1. The lowest BCUT2D eigenvalue weighted by Crippen LogP contribution is -2.34. The molecule has 4 heteroatoms. The number of imidazole rings is 1. The molecule has 0 bridgehead atoms. The van der Waals surface area contributed by atoms with Gasteiger partial charge in [-0.1, -0.05) is 6.08 Å². The number of aromatic nitrogens is 2. The Labute approximate surface area is 90.0 Å². The Kier molecular flexibility index (Phi) is 3.18. The third-order valence-corrected chi connectivity index (χ3v) is 2.67. The van der Waals surface area contributed by atoms with Crippen molar-refractivity contribution in [2.24, 2.45) is 7.05 Å². The number of hydrogen-bond donors (Lipinski definition) is 1. The van der Waals surface area contributed by atoms with Gasteiger partial charge in [0.05, 0.1) is 37.0 Å². The highest BCUT2D eigenvalue weighted by atomic mass is 16.5. The van der Waals surface area contributed by atoms with E-state index in [4.69, 9.17) is 4.74 Å². The summed E-state index contributed by atoms with van der Waals surface area (Å²) in [5, 5.41) is 3.44. The molecule has 1 aliphatic rings. The minimum absolute atomic E-state index is 0.265. The van der Waals surface area contributed by atoms with Crippen LogP contribution in [-0.4, -0.2) is 29.3 Å². The molecule has 0 saturated carbocycles. The van der Waals surface area contributed by atoms with Crippen LogP contribution in [-0.2, 0) is 18.2 Å². The van der Waals surface area contributed by atoms with Gasteiger partial charge in [0, 0.05) is 20.0 Å². The molecule has 2 heterocycles. The number of hydrogen-bond acceptors (Lipinski definition) is 3. The molecule has 15 heavy (non-hydrogen) atoms. The van der Waals surface area contributed by atoms with E-state index in [0.29, 0.717) is 13.2 Å². The van der Waals surface area contributed by atoms with E-state index in [0.717, 1.165) is 13.0 Å². The number of rotatable bonds is 4. The monoisotopic (exact) mass is 207 g/mol. The van der Waals surface area contributed by atoms with Gasteiger partial charge in [0.25, 0.3) is 0 Å². The molecule has 0 fully saturated rings. The van der Waals surface area contributed by atoms with Crippen molar-refractivity contribution in [3.8, 4) is 0 Å². The van der Waals surface area contributed by atoms with Crippen LogP contribution in [0, 0.1) is 0 Å². The Balaban J connectivity index is 2.07. The zero-order valence-electron chi connectivity index (χ0n) is 9.07. The van der Waals surface area contributed by atoms with Gasteiger partial charge in [-0.2, -0.15) is 0 Å². The molecule has 0 spiro atoms. The van der Waals surface area contributed by atoms with E-state index >= 15 is 0 Å². The molecule has 4 nitrogen and oxygen atoms in total. The molecule has 0 aromatic carbocycles. The predicted molar refractivity (Wildman–Crippen MR) is 58.7 cm³/mol. The second-order valence-electron chi connectivity index (χ2n) is 3.77. The molecule has 0 aliphatic carbocycles. The Morgan fingerprint density at radius 1 is 1.80 bits per heavy atom. The summed E-state index contributed by atoms with van der Waals surface area (Å²) in [6.07, 6.45) is 4.65. The molecular weight excluding hydrogens is 190 g/mol. The van der Waals surface area contributed by atoms with Crippen molar-refractivity contribution in [1.82, 2.24) is 14.9 Å². The molecule has 1 aromatic heterocycles. The first-order chi connectivity index (χ1) is 7.33. The fourth-order valence-corrected chi connectivity index (χ4v) is 2.00. The van der Waals surface area contributed by atoms with Gasteiger partial charge >= 0.3 is 0 Å². The van der Waals surface area contributed by atoms with Crippen LogP contribution in [0.4, 0.5) is 0 Å². The minimum Gasteiger partial charge on any atom is -0.375 e. The molecule has 1 atom stereocenters. The fraction of sp³-hybridized carbons (Fsp3) is 0.545. The number of ether oxygens (including phenoxy) is 1. The molecule has 1 aromatic rings. The summed E-state index contributed by atoms with van der Waals surface area (Å²) in [5.41, 5.74) is 2.45. The summed E-state index contributed by atoms with van der Waals surface area (Å²) in [7, 11) is 2.03. The Bertz CT molecular complexity index is 346. The summed E-state index contributed by atoms with van der Waals surface area (Å²) in [6, 6.07) is 0.265. The zero-order valence-corrected chi connectivity index (χ0v) is 9.07. The van der Waals surface area contributed by atoms with Crippen molar-refractivity contribution >= 4 is 0 Å². The first kappa shape index (κ1) is 10.4. The van der Waals surface area contributed by atoms with Crippen LogP contribution in [0.15, 0.2) is 19.0 Å². The maximum absolute atomic E-state index is 5.48. The molecule has 0 unspecified atom stereocenters. The maximum atomic E-state index is 5.48. The van der Waals surface area contributed by atoms with Crippen LogP contribution >= 0.6 is 0 Å². The van der Waals surface area contributed by atoms with Crippen molar-refractivity contribution in [3.05, 3.63) is 30.4 Å². The highest BCUT2D eigenvalue weighted by Gasteiger charge is 2.23. The highest BCUT2D eigenvalue weighted by Crippen LogP contribution is 2.21. The van der Waals surface area contributed by atoms with Crippen LogP contribution in [0.5, 0.6) is 0 Å². The lowest BCUT2D eigenvalue weighted by atomic mass is 10.1. The van der Waals surface area contributed by atoms with Gasteiger partial charge in [-0.15, -0.1) is 6.58 Å². The van der Waals surface area contributed by atoms with Gasteiger partial charge in [-0.05, 0) is 0 Å². The van der Waals surface area contributed by atoms with Crippen molar-refractivity contribution in [1.29, 1.82) is 0 Å². The third-order valence-electron chi connectivity index (χ3n) is 2.67. The molecule has 2 rings (SSSR count). The van der Waals surface area contributed by atoms with Gasteiger partial charge in [-0.25, -0.2) is 4.98 Å². The molecule has 1 aliphatic heterocycles. The molecule has 0 radical (unpaired) electrons. The van der Waals surface area contributed by atoms with Gasteiger partial charge < -0.3 is 14.6 Å². The first-order valence-corrected chi connectivity index (χ1v) is 5.25. The normalized spacial score (nSPS) is 19.9. The Hall–Kier alpha value is -1.13. The van der Waals surface area contributed by atoms with E-state index in [-0.39, 0.29) is 6.04 Å². The minimum atomic E-state index is 0.265. The summed E-state index contributed by atoms with van der Waals surface area (Å²) in [6.45, 7) is 5.89. The number of nitrogens with one attached hydrogen (secondary N) is 1. The van der Waals surface area contributed by atoms with E-state index < -0.39 is 0 Å². The van der Waals surface area contributed by atoms with E-state index in [1.807, 2.05) is 13.4 Å². The average Bonchev–Trinajstić information content (AvgIpc) is 2.62. The van der Waals surface area contributed by atoms with Crippen LogP contribution in [0.2, 0.25) is 0 Å². The molecule has 0 saturated heterocycles. The predicted octanol–water partition coefficient (Wildman–Crippen LogP) is 0.809. The SMILES string of the molecule is C=CCOC[C@@H]1NCCc2ncn(C)c21. The molecule has 1 N–H and O–H groups in total. The summed E-state index contributed by atoms with van der Waals surface area (Å²) >= 11 is 0. The van der Waals surface area contributed by atoms with Gasteiger partial charge in [0.1, 0.15) is 0 Å². The van der Waals surface area contributed by atoms with Crippen LogP contribution in [0.3, 0.4) is 0 Å². The lowest BCUT2D eigenvalue weighted by molar-refractivity contribution is 0.131. The largest absolute Gasteiger partial charge is 0.375 e. The Morgan fingerprint density at radius 3 is 3.47 bits per heavy atom. The van der Waals surface area contributed by atoms with Crippen molar-refractivity contribution in [3.63, 3.8) is 0 Å². The highest BCUT2D eigenvalue weighted by molar-refractivity contribution is 5.20. The summed E-state index contributed by atoms with van der Waals surface area (Å²) in [5.74, 6) is 0. The summed E-state index contributed by atoms with van der Waals surface area (Å²) < 4.78 is 7.55. The van der Waals surface area contributed by atoms with E-state index in [1.165, 1.54) is 11.4 Å². The van der Waals surface area contributed by atoms with Crippen LogP contribution in [0.1, 0.15) is 17.4 Å². The van der Waals surface area contributed by atoms with Crippen molar-refractivity contribution < 1.29 is 4.74 Å². The summed E-state index contributed by atoms with van der Waals surface area (Å²) in [4.78, 5) is 4.38. The second-order valence-corrected chi connectivity index (χ2v) is 3.77. The van der Waals surface area contributed by atoms with Gasteiger partial charge in [0.15, 0.2) is 0 Å². The first-order valence-electron chi connectivity index (χ1n) is 5.25. The van der Waals surface area contributed by atoms with E-state index in [1.54, 1.807) is 6.08 Å². The van der Waals surface area contributed by atoms with E-state index in [9.17, 15) is 0 Å². The average molecular weight is 207 g/mol. The number of aryl methyl sites for hydroxylation is 1. The van der Waals surface area contributed by atoms with Crippen molar-refractivity contribution in [2.45, 2.75) is 12.5 Å². The maximum Gasteiger partial charge on any atom is 0.0949 e. The quantitative estimate of drug-likeness (QED) is 0.586. The van der Waals surface area contributed by atoms with Gasteiger partial charge in [0.2, 0.25) is 0 Å². The topological polar surface area (TPSA) is 39.1 Å². The smallest absolute Gasteiger partial charge is 0.0949 e. The number of fused-ring (bicyclic) bond motifs is 1. The molecular formula is C11H17N3O. The van der Waals surface area contributed by atoms with Crippen LogP contribution in [0.25, 0.3) is 0 Å².